The molecule has 2 aromatic heterocycles. The molecule has 4 aromatic rings. The number of para-hydroxylation sites is 1. The van der Waals surface area contributed by atoms with Gasteiger partial charge in [-0.2, -0.15) is 0 Å². The highest BCUT2D eigenvalue weighted by Gasteiger charge is 2.28. The summed E-state index contributed by atoms with van der Waals surface area (Å²) in [6, 6.07) is 21.0. The van der Waals surface area contributed by atoms with E-state index in [-0.39, 0.29) is 6.42 Å². The van der Waals surface area contributed by atoms with Crippen LogP contribution in [0.5, 0.6) is 5.75 Å². The largest absolute Gasteiger partial charge is 0.489 e. The Kier molecular flexibility index (Phi) is 7.46. The van der Waals surface area contributed by atoms with Crippen LogP contribution < -0.4 is 21.0 Å². The zero-order valence-electron chi connectivity index (χ0n) is 20.3. The molecule has 0 bridgehead atoms. The lowest BCUT2D eigenvalue weighted by molar-refractivity contribution is -0.130. The smallest absolute Gasteiger partial charge is 0.245 e. The summed E-state index contributed by atoms with van der Waals surface area (Å²) in [6.07, 6.45) is 3.07. The number of rotatable bonds is 10. The van der Waals surface area contributed by atoms with E-state index >= 15 is 0 Å². The minimum Gasteiger partial charge on any atom is -0.489 e. The Labute approximate surface area is 214 Å². The van der Waals surface area contributed by atoms with E-state index < -0.39 is 18.1 Å². The number of carbonyl (C=O) groups excluding carboxylic acids is 1. The van der Waals surface area contributed by atoms with Crippen molar-refractivity contribution in [1.29, 1.82) is 0 Å². The Morgan fingerprint density at radius 3 is 2.78 bits per heavy atom. The van der Waals surface area contributed by atoms with Crippen molar-refractivity contribution < 1.29 is 24.0 Å². The lowest BCUT2D eigenvalue weighted by Crippen LogP contribution is -2.43. The number of furan rings is 1. The summed E-state index contributed by atoms with van der Waals surface area (Å²) in [4.78, 5) is 22.2. The van der Waals surface area contributed by atoms with Crippen molar-refractivity contribution in [2.24, 2.45) is 0 Å². The minimum absolute atomic E-state index is 0.0171. The number of hydrogen-bond donors (Lipinski definition) is 4. The predicted molar refractivity (Wildman–Crippen MR) is 137 cm³/mol. The molecule has 0 radical (unpaired) electrons. The normalized spacial score (nSPS) is 15.7. The highest BCUT2D eigenvalue weighted by atomic mass is 16.7. The van der Waals surface area contributed by atoms with E-state index in [1.165, 1.54) is 0 Å². The number of aromatic nitrogens is 1. The summed E-state index contributed by atoms with van der Waals surface area (Å²) in [5.41, 5.74) is 9.32. The molecule has 37 heavy (non-hydrogen) atoms. The number of nitrogens with one attached hydrogen (secondary N) is 3. The fourth-order valence-electron chi connectivity index (χ4n) is 4.32. The Bertz CT molecular complexity index is 1390. The van der Waals surface area contributed by atoms with Crippen molar-refractivity contribution >= 4 is 22.5 Å². The standard InChI is InChI=1S/C28H28N4O5/c1-18-13-20(23-6-2-3-7-24(23)30-18)17-36-21-10-8-19(9-11-21)25-14-27(37-32-25)26(15-28(33)31-34)29-16-22-5-4-12-35-22/h2-14,26-27,29,32,34H,15-17H2,1H3,(H,31,33). The molecule has 0 saturated carbocycles. The second kappa shape index (κ2) is 11.3. The average Bonchev–Trinajstić information content (AvgIpc) is 3.62. The second-order valence-corrected chi connectivity index (χ2v) is 8.82. The van der Waals surface area contributed by atoms with Gasteiger partial charge < -0.3 is 14.5 Å². The molecule has 2 atom stereocenters. The number of carbonyl (C=O) groups is 1. The van der Waals surface area contributed by atoms with Gasteiger partial charge in [-0.1, -0.05) is 18.2 Å². The maximum atomic E-state index is 11.8. The molecular formula is C28H28N4O5. The van der Waals surface area contributed by atoms with E-state index in [1.54, 1.807) is 17.8 Å². The van der Waals surface area contributed by atoms with Crippen LogP contribution in [0, 0.1) is 6.92 Å². The van der Waals surface area contributed by atoms with E-state index in [4.69, 9.17) is 19.2 Å². The van der Waals surface area contributed by atoms with E-state index in [1.807, 2.05) is 61.5 Å². The Morgan fingerprint density at radius 1 is 1.16 bits per heavy atom. The topological polar surface area (TPSA) is 118 Å². The summed E-state index contributed by atoms with van der Waals surface area (Å²) in [5.74, 6) is 0.965. The molecule has 2 aromatic carbocycles. The third-order valence-corrected chi connectivity index (χ3v) is 6.17. The van der Waals surface area contributed by atoms with Gasteiger partial charge in [-0.15, -0.1) is 0 Å². The lowest BCUT2D eigenvalue weighted by Gasteiger charge is -2.21. The Balaban J connectivity index is 1.24. The van der Waals surface area contributed by atoms with Gasteiger partial charge in [0.25, 0.3) is 0 Å². The first-order valence-corrected chi connectivity index (χ1v) is 12.0. The van der Waals surface area contributed by atoms with Crippen LogP contribution in [0.15, 0.2) is 83.5 Å². The predicted octanol–water partition coefficient (Wildman–Crippen LogP) is 4.01. The van der Waals surface area contributed by atoms with Gasteiger partial charge in [-0.05, 0) is 67.1 Å². The van der Waals surface area contributed by atoms with Gasteiger partial charge in [-0.25, -0.2) is 5.48 Å². The molecule has 1 aliphatic rings. The van der Waals surface area contributed by atoms with Gasteiger partial charge in [-0.3, -0.25) is 25.3 Å². The number of fused-ring (bicyclic) bond motifs is 1. The van der Waals surface area contributed by atoms with Crippen LogP contribution in [0.1, 0.15) is 29.0 Å². The minimum atomic E-state index is -0.513. The average molecular weight is 501 g/mol. The Morgan fingerprint density at radius 2 is 2.00 bits per heavy atom. The van der Waals surface area contributed by atoms with Gasteiger partial charge >= 0.3 is 0 Å². The van der Waals surface area contributed by atoms with Crippen LogP contribution in [0.4, 0.5) is 0 Å². The van der Waals surface area contributed by atoms with E-state index in [2.05, 4.69) is 27.9 Å². The molecule has 190 valence electrons. The van der Waals surface area contributed by atoms with E-state index in [0.29, 0.717) is 13.2 Å². The highest BCUT2D eigenvalue weighted by molar-refractivity contribution is 5.82. The maximum Gasteiger partial charge on any atom is 0.245 e. The molecule has 5 rings (SSSR count). The number of pyridine rings is 1. The van der Waals surface area contributed by atoms with Crippen LogP contribution >= 0.6 is 0 Å². The van der Waals surface area contributed by atoms with Crippen molar-refractivity contribution in [2.45, 2.75) is 38.6 Å². The fourth-order valence-corrected chi connectivity index (χ4v) is 4.32. The molecule has 1 aliphatic heterocycles. The third kappa shape index (κ3) is 5.97. The van der Waals surface area contributed by atoms with Gasteiger partial charge in [0.2, 0.25) is 5.91 Å². The van der Waals surface area contributed by atoms with Crippen molar-refractivity contribution in [2.75, 3.05) is 0 Å². The number of hydroxylamine groups is 2. The summed E-state index contributed by atoms with van der Waals surface area (Å²) < 4.78 is 11.4. The molecule has 0 aliphatic carbocycles. The van der Waals surface area contributed by atoms with Crippen molar-refractivity contribution in [3.63, 3.8) is 0 Å². The SMILES string of the molecule is Cc1cc(COc2ccc(C3=CC(C(CC(=O)NO)NCc4ccco4)ON3)cc2)c2ccccc2n1. The number of aryl methyl sites for hydroxylation is 1. The van der Waals surface area contributed by atoms with Crippen molar-refractivity contribution in [3.8, 4) is 5.75 Å². The third-order valence-electron chi connectivity index (χ3n) is 6.17. The molecule has 1 amide bonds. The second-order valence-electron chi connectivity index (χ2n) is 8.82. The first kappa shape index (κ1) is 24.5. The zero-order valence-corrected chi connectivity index (χ0v) is 20.3. The monoisotopic (exact) mass is 500 g/mol. The van der Waals surface area contributed by atoms with Gasteiger partial charge in [0.1, 0.15) is 24.2 Å². The summed E-state index contributed by atoms with van der Waals surface area (Å²) in [6.45, 7) is 2.83. The summed E-state index contributed by atoms with van der Waals surface area (Å²) in [5, 5.41) is 13.3. The quantitative estimate of drug-likeness (QED) is 0.191. The molecule has 0 fully saturated rings. The van der Waals surface area contributed by atoms with Crippen molar-refractivity contribution in [1.82, 2.24) is 21.3 Å². The fraction of sp³-hybridized carbons (Fsp3) is 0.214. The molecule has 9 nitrogen and oxygen atoms in total. The number of amides is 1. The lowest BCUT2D eigenvalue weighted by atomic mass is 10.0. The van der Waals surface area contributed by atoms with Crippen LogP contribution in [0.2, 0.25) is 0 Å². The molecule has 4 N–H and O–H groups in total. The van der Waals surface area contributed by atoms with Gasteiger partial charge in [0, 0.05) is 29.1 Å². The molecule has 0 spiro atoms. The summed E-state index contributed by atoms with van der Waals surface area (Å²) in [7, 11) is 0. The van der Waals surface area contributed by atoms with E-state index in [9.17, 15) is 4.79 Å². The number of hydrogen-bond acceptors (Lipinski definition) is 8. The first-order chi connectivity index (χ1) is 18.1. The number of nitrogens with zero attached hydrogens (tertiary/aromatic N) is 1. The number of benzene rings is 2. The molecule has 2 unspecified atom stereocenters. The first-order valence-electron chi connectivity index (χ1n) is 12.0. The van der Waals surface area contributed by atoms with Gasteiger partial charge in [0.05, 0.1) is 24.0 Å². The molecular weight excluding hydrogens is 472 g/mol. The van der Waals surface area contributed by atoms with Crippen molar-refractivity contribution in [3.05, 3.63) is 102 Å². The molecule has 0 saturated heterocycles. The van der Waals surface area contributed by atoms with Crippen LogP contribution in [-0.4, -0.2) is 28.2 Å². The van der Waals surface area contributed by atoms with Crippen LogP contribution in [0.3, 0.4) is 0 Å². The van der Waals surface area contributed by atoms with Gasteiger partial charge in [0.15, 0.2) is 0 Å². The zero-order chi connectivity index (χ0) is 25.6. The van der Waals surface area contributed by atoms with Crippen LogP contribution in [0.25, 0.3) is 16.6 Å². The maximum absolute atomic E-state index is 11.8. The molecule has 9 heteroatoms. The Hall–Kier alpha value is -4.18. The van der Waals surface area contributed by atoms with Crippen LogP contribution in [-0.2, 0) is 22.8 Å². The summed E-state index contributed by atoms with van der Waals surface area (Å²) >= 11 is 0. The highest BCUT2D eigenvalue weighted by Crippen LogP contribution is 2.25. The number of ether oxygens (including phenoxy) is 1. The molecule has 3 heterocycles. The van der Waals surface area contributed by atoms with E-state index in [0.717, 1.165) is 44.9 Å².